The van der Waals surface area contributed by atoms with Gasteiger partial charge in [-0.05, 0) is 31.0 Å². The van der Waals surface area contributed by atoms with E-state index in [4.69, 9.17) is 0 Å². The summed E-state index contributed by atoms with van der Waals surface area (Å²) < 4.78 is 28.9. The Bertz CT molecular complexity index is 752. The quantitative estimate of drug-likeness (QED) is 0.623. The molecule has 0 unspecified atom stereocenters. The summed E-state index contributed by atoms with van der Waals surface area (Å²) in [4.78, 5) is 4.14. The van der Waals surface area contributed by atoms with Crippen LogP contribution < -0.4 is 10.6 Å². The third-order valence-corrected chi connectivity index (χ3v) is 4.14. The third-order valence-electron chi connectivity index (χ3n) is 4.14. The number of nitrogens with zero attached hydrogens (tertiary/aromatic N) is 3. The molecule has 25 heavy (non-hydrogen) atoms. The number of rotatable bonds is 6. The Kier molecular flexibility index (Phi) is 6.50. The van der Waals surface area contributed by atoms with Crippen LogP contribution in [0.2, 0.25) is 0 Å². The van der Waals surface area contributed by atoms with Gasteiger partial charge in [-0.15, -0.1) is 0 Å². The van der Waals surface area contributed by atoms with E-state index in [1.807, 2.05) is 11.7 Å². The molecule has 0 bridgehead atoms. The summed E-state index contributed by atoms with van der Waals surface area (Å²) in [5.41, 5.74) is 3.65. The molecule has 0 atom stereocenters. The smallest absolute Gasteiger partial charge is 0.191 e. The predicted molar refractivity (Wildman–Crippen MR) is 95.4 cm³/mol. The Morgan fingerprint density at radius 1 is 1.16 bits per heavy atom. The number of benzene rings is 1. The lowest BCUT2D eigenvalue weighted by molar-refractivity contribution is 0.581. The first-order chi connectivity index (χ1) is 12.0. The first-order valence-corrected chi connectivity index (χ1v) is 8.42. The zero-order chi connectivity index (χ0) is 18.4. The number of aromatic nitrogens is 2. The topological polar surface area (TPSA) is 54.2 Å². The number of aryl methyl sites for hydroxylation is 2. The molecular weight excluding hydrogens is 324 g/mol. The minimum atomic E-state index is -0.461. The number of guanidine groups is 1. The van der Waals surface area contributed by atoms with Gasteiger partial charge in [0.05, 0.1) is 5.69 Å². The first-order valence-electron chi connectivity index (χ1n) is 8.42. The molecule has 1 heterocycles. The van der Waals surface area contributed by atoms with Crippen molar-refractivity contribution in [3.63, 3.8) is 0 Å². The van der Waals surface area contributed by atoms with E-state index in [-0.39, 0.29) is 12.1 Å². The highest BCUT2D eigenvalue weighted by molar-refractivity contribution is 5.79. The van der Waals surface area contributed by atoms with E-state index in [0.29, 0.717) is 12.5 Å². The zero-order valence-corrected chi connectivity index (χ0v) is 15.2. The Morgan fingerprint density at radius 2 is 1.88 bits per heavy atom. The molecule has 2 aromatic rings. The molecule has 0 aliphatic rings. The largest absolute Gasteiger partial charge is 0.352 e. The van der Waals surface area contributed by atoms with E-state index in [1.165, 1.54) is 11.8 Å². The van der Waals surface area contributed by atoms with Crippen LogP contribution in [0.15, 0.2) is 23.2 Å². The molecule has 2 N–H and O–H groups in total. The Labute approximate surface area is 147 Å². The maximum Gasteiger partial charge on any atom is 0.191 e. The van der Waals surface area contributed by atoms with Gasteiger partial charge in [0, 0.05) is 44.0 Å². The molecule has 1 aromatic carbocycles. The summed E-state index contributed by atoms with van der Waals surface area (Å²) in [6, 6.07) is 3.41. The van der Waals surface area contributed by atoms with Crippen LogP contribution in [0.3, 0.4) is 0 Å². The molecule has 0 aliphatic carbocycles. The highest BCUT2D eigenvalue weighted by Gasteiger charge is 2.14. The molecule has 7 heteroatoms. The number of nitrogens with one attached hydrogen (secondary N) is 2. The zero-order valence-electron chi connectivity index (χ0n) is 15.2. The van der Waals surface area contributed by atoms with Crippen molar-refractivity contribution in [2.45, 2.75) is 39.8 Å². The van der Waals surface area contributed by atoms with Crippen molar-refractivity contribution >= 4 is 5.96 Å². The summed E-state index contributed by atoms with van der Waals surface area (Å²) in [7, 11) is 3.59. The van der Waals surface area contributed by atoms with Gasteiger partial charge in [-0.25, -0.2) is 8.78 Å². The van der Waals surface area contributed by atoms with Gasteiger partial charge in [-0.1, -0.05) is 13.8 Å². The highest BCUT2D eigenvalue weighted by atomic mass is 19.1. The standard InChI is InChI=1S/C18H25F2N5/c1-5-16-14(17(6-2)25(4)24-16)11-23-18(21-3)22-10-12-9-13(19)7-8-15(12)20/h7-9H,5-6,10-11H2,1-4H3,(H2,21,22,23). The van der Waals surface area contributed by atoms with Crippen LogP contribution in [-0.4, -0.2) is 22.8 Å². The molecule has 2 rings (SSSR count). The van der Waals surface area contributed by atoms with E-state index in [2.05, 4.69) is 34.6 Å². The van der Waals surface area contributed by atoms with Crippen molar-refractivity contribution in [3.05, 3.63) is 52.3 Å². The summed E-state index contributed by atoms with van der Waals surface area (Å²) in [5.74, 6) is -0.383. The van der Waals surface area contributed by atoms with Crippen LogP contribution in [0, 0.1) is 11.6 Å². The maximum atomic E-state index is 13.7. The van der Waals surface area contributed by atoms with Gasteiger partial charge in [0.25, 0.3) is 0 Å². The summed E-state index contributed by atoms with van der Waals surface area (Å²) in [6.07, 6.45) is 1.74. The van der Waals surface area contributed by atoms with Crippen molar-refractivity contribution in [2.24, 2.45) is 12.0 Å². The van der Waals surface area contributed by atoms with Crippen LogP contribution in [0.5, 0.6) is 0 Å². The Hall–Kier alpha value is -2.44. The first kappa shape index (κ1) is 18.9. The molecule has 0 saturated heterocycles. The minimum absolute atomic E-state index is 0.150. The van der Waals surface area contributed by atoms with Crippen molar-refractivity contribution in [1.29, 1.82) is 0 Å². The second-order valence-electron chi connectivity index (χ2n) is 5.72. The van der Waals surface area contributed by atoms with E-state index in [1.54, 1.807) is 7.05 Å². The lowest BCUT2D eigenvalue weighted by atomic mass is 10.1. The normalized spacial score (nSPS) is 11.7. The Balaban J connectivity index is 2.03. The van der Waals surface area contributed by atoms with Crippen LogP contribution in [0.4, 0.5) is 8.78 Å². The summed E-state index contributed by atoms with van der Waals surface area (Å²) in [6.45, 7) is 4.90. The molecule has 1 aromatic heterocycles. The van der Waals surface area contributed by atoms with Gasteiger partial charge in [0.15, 0.2) is 5.96 Å². The van der Waals surface area contributed by atoms with Crippen molar-refractivity contribution in [2.75, 3.05) is 7.05 Å². The molecule has 0 aliphatic heterocycles. The predicted octanol–water partition coefficient (Wildman–Crippen LogP) is 2.69. The fourth-order valence-corrected chi connectivity index (χ4v) is 2.84. The van der Waals surface area contributed by atoms with Gasteiger partial charge in [-0.2, -0.15) is 5.10 Å². The monoisotopic (exact) mass is 349 g/mol. The molecule has 136 valence electrons. The van der Waals surface area contributed by atoms with Crippen LogP contribution in [0.25, 0.3) is 0 Å². The maximum absolute atomic E-state index is 13.7. The van der Waals surface area contributed by atoms with E-state index >= 15 is 0 Å². The molecule has 0 saturated carbocycles. The average Bonchev–Trinajstić information content (AvgIpc) is 2.92. The second-order valence-corrected chi connectivity index (χ2v) is 5.72. The molecule has 0 amide bonds. The van der Waals surface area contributed by atoms with Gasteiger partial charge in [0.2, 0.25) is 0 Å². The molecule has 0 radical (unpaired) electrons. The SMILES string of the molecule is CCc1nn(C)c(CC)c1CNC(=NC)NCc1cc(F)ccc1F. The second kappa shape index (κ2) is 8.60. The molecular formula is C18H25F2N5. The van der Waals surface area contributed by atoms with Crippen molar-refractivity contribution in [1.82, 2.24) is 20.4 Å². The van der Waals surface area contributed by atoms with E-state index in [0.717, 1.165) is 36.2 Å². The van der Waals surface area contributed by atoms with Gasteiger partial charge in [-0.3, -0.25) is 9.67 Å². The lowest BCUT2D eigenvalue weighted by Crippen LogP contribution is -2.36. The summed E-state index contributed by atoms with van der Waals surface area (Å²) in [5, 5.41) is 10.8. The molecule has 0 fully saturated rings. The average molecular weight is 349 g/mol. The fraction of sp³-hybridized carbons (Fsp3) is 0.444. The number of halogens is 2. The number of hydrogen-bond donors (Lipinski definition) is 2. The summed E-state index contributed by atoms with van der Waals surface area (Å²) >= 11 is 0. The number of aliphatic imine (C=N–C) groups is 1. The van der Waals surface area contributed by atoms with E-state index in [9.17, 15) is 8.78 Å². The highest BCUT2D eigenvalue weighted by Crippen LogP contribution is 2.15. The van der Waals surface area contributed by atoms with Gasteiger partial charge < -0.3 is 10.6 Å². The van der Waals surface area contributed by atoms with Crippen LogP contribution in [0.1, 0.15) is 36.4 Å². The minimum Gasteiger partial charge on any atom is -0.352 e. The molecule has 0 spiro atoms. The van der Waals surface area contributed by atoms with E-state index < -0.39 is 11.6 Å². The number of hydrogen-bond acceptors (Lipinski definition) is 2. The molecule has 5 nitrogen and oxygen atoms in total. The third kappa shape index (κ3) is 4.55. The Morgan fingerprint density at radius 3 is 2.52 bits per heavy atom. The lowest BCUT2D eigenvalue weighted by Gasteiger charge is -2.13. The van der Waals surface area contributed by atoms with Crippen LogP contribution >= 0.6 is 0 Å². The van der Waals surface area contributed by atoms with Crippen molar-refractivity contribution in [3.8, 4) is 0 Å². The van der Waals surface area contributed by atoms with Crippen LogP contribution in [-0.2, 0) is 33.0 Å². The van der Waals surface area contributed by atoms with Gasteiger partial charge >= 0.3 is 0 Å². The van der Waals surface area contributed by atoms with Gasteiger partial charge in [0.1, 0.15) is 11.6 Å². The van der Waals surface area contributed by atoms with Crippen molar-refractivity contribution < 1.29 is 8.78 Å². The fourth-order valence-electron chi connectivity index (χ4n) is 2.84.